The molecule has 5 nitrogen and oxygen atoms in total. The molecule has 0 saturated heterocycles. The highest BCUT2D eigenvalue weighted by Crippen LogP contribution is 2.25. The second-order valence-corrected chi connectivity index (χ2v) is 7.44. The molecule has 0 radical (unpaired) electrons. The van der Waals surface area contributed by atoms with E-state index in [1.54, 1.807) is 13.3 Å². The van der Waals surface area contributed by atoms with Crippen LogP contribution in [0.5, 0.6) is 5.75 Å². The summed E-state index contributed by atoms with van der Waals surface area (Å²) in [6, 6.07) is 13.8. The second-order valence-electron chi connectivity index (χ2n) is 6.58. The van der Waals surface area contributed by atoms with Gasteiger partial charge in [-0.15, -0.1) is 11.3 Å². The van der Waals surface area contributed by atoms with Crippen LogP contribution in [0.1, 0.15) is 17.7 Å². The van der Waals surface area contributed by atoms with Crippen LogP contribution in [-0.2, 0) is 11.2 Å². The van der Waals surface area contributed by atoms with Crippen molar-refractivity contribution in [3.05, 3.63) is 71.4 Å². The van der Waals surface area contributed by atoms with Gasteiger partial charge in [-0.2, -0.15) is 0 Å². The molecule has 0 spiro atoms. The predicted octanol–water partition coefficient (Wildman–Crippen LogP) is 4.07. The van der Waals surface area contributed by atoms with Crippen molar-refractivity contribution in [3.63, 3.8) is 0 Å². The van der Waals surface area contributed by atoms with E-state index >= 15 is 0 Å². The SMILES string of the molecule is COc1ccc(C2=CCN(C(=O)Cc3csc(-c4ccccn4)n3)CC2)cc1. The topological polar surface area (TPSA) is 55.3 Å². The van der Waals surface area contributed by atoms with E-state index in [0.29, 0.717) is 13.0 Å². The summed E-state index contributed by atoms with van der Waals surface area (Å²) >= 11 is 1.53. The van der Waals surface area contributed by atoms with Crippen LogP contribution >= 0.6 is 11.3 Å². The molecule has 4 rings (SSSR count). The van der Waals surface area contributed by atoms with Gasteiger partial charge in [-0.3, -0.25) is 9.78 Å². The van der Waals surface area contributed by atoms with Crippen molar-refractivity contribution in [2.75, 3.05) is 20.2 Å². The number of thiazole rings is 1. The number of hydrogen-bond donors (Lipinski definition) is 0. The number of hydrogen-bond acceptors (Lipinski definition) is 5. The Kier molecular flexibility index (Phi) is 5.48. The monoisotopic (exact) mass is 391 g/mol. The van der Waals surface area contributed by atoms with Crippen LogP contribution in [0.25, 0.3) is 16.3 Å². The fraction of sp³-hybridized carbons (Fsp3) is 0.227. The predicted molar refractivity (Wildman–Crippen MR) is 111 cm³/mol. The Balaban J connectivity index is 1.37. The number of rotatable bonds is 5. The van der Waals surface area contributed by atoms with Crippen LogP contribution in [-0.4, -0.2) is 41.0 Å². The second kappa shape index (κ2) is 8.35. The van der Waals surface area contributed by atoms with Crippen molar-refractivity contribution in [1.29, 1.82) is 0 Å². The van der Waals surface area contributed by atoms with Gasteiger partial charge in [-0.25, -0.2) is 4.98 Å². The summed E-state index contributed by atoms with van der Waals surface area (Å²) < 4.78 is 5.21. The molecule has 28 heavy (non-hydrogen) atoms. The van der Waals surface area contributed by atoms with E-state index in [1.807, 2.05) is 40.6 Å². The Morgan fingerprint density at radius 3 is 2.75 bits per heavy atom. The minimum Gasteiger partial charge on any atom is -0.497 e. The maximum Gasteiger partial charge on any atom is 0.228 e. The highest BCUT2D eigenvalue weighted by molar-refractivity contribution is 7.13. The summed E-state index contributed by atoms with van der Waals surface area (Å²) in [7, 11) is 1.67. The third-order valence-corrected chi connectivity index (χ3v) is 5.70. The van der Waals surface area contributed by atoms with Gasteiger partial charge in [0.1, 0.15) is 10.8 Å². The quantitative estimate of drug-likeness (QED) is 0.658. The lowest BCUT2D eigenvalue weighted by Gasteiger charge is -2.26. The van der Waals surface area contributed by atoms with E-state index in [9.17, 15) is 4.79 Å². The summed E-state index contributed by atoms with van der Waals surface area (Å²) in [5.41, 5.74) is 4.11. The lowest BCUT2D eigenvalue weighted by Crippen LogP contribution is -2.35. The number of pyridine rings is 1. The van der Waals surface area contributed by atoms with E-state index in [1.165, 1.54) is 22.5 Å². The molecule has 0 N–H and O–H groups in total. The Morgan fingerprint density at radius 2 is 2.07 bits per heavy atom. The Morgan fingerprint density at radius 1 is 1.21 bits per heavy atom. The molecule has 142 valence electrons. The van der Waals surface area contributed by atoms with Crippen LogP contribution in [0.2, 0.25) is 0 Å². The van der Waals surface area contributed by atoms with E-state index in [4.69, 9.17) is 4.74 Å². The van der Waals surface area contributed by atoms with Gasteiger partial charge in [0.25, 0.3) is 0 Å². The minimum absolute atomic E-state index is 0.114. The molecule has 0 bridgehead atoms. The fourth-order valence-electron chi connectivity index (χ4n) is 3.22. The molecule has 2 aromatic heterocycles. The number of methoxy groups -OCH3 is 1. The van der Waals surface area contributed by atoms with Gasteiger partial charge in [-0.1, -0.05) is 24.3 Å². The number of carbonyl (C=O) groups is 1. The highest BCUT2D eigenvalue weighted by atomic mass is 32.1. The molecule has 1 aliphatic heterocycles. The molecule has 6 heteroatoms. The van der Waals surface area contributed by atoms with Gasteiger partial charge in [-0.05, 0) is 41.8 Å². The van der Waals surface area contributed by atoms with Crippen molar-refractivity contribution in [3.8, 4) is 16.5 Å². The maximum atomic E-state index is 12.7. The molecule has 0 unspecified atom stereocenters. The molecular formula is C22H21N3O2S. The van der Waals surface area contributed by atoms with Gasteiger partial charge in [0.05, 0.1) is 24.9 Å². The average Bonchev–Trinajstić information content (AvgIpc) is 3.23. The molecule has 0 atom stereocenters. The lowest BCUT2D eigenvalue weighted by atomic mass is 9.99. The largest absolute Gasteiger partial charge is 0.497 e. The van der Waals surface area contributed by atoms with E-state index in [2.05, 4.69) is 28.2 Å². The summed E-state index contributed by atoms with van der Waals surface area (Å²) in [6.45, 7) is 1.37. The number of benzene rings is 1. The first-order valence-electron chi connectivity index (χ1n) is 9.20. The lowest BCUT2D eigenvalue weighted by molar-refractivity contribution is -0.130. The third-order valence-electron chi connectivity index (χ3n) is 4.79. The molecule has 1 amide bonds. The molecular weight excluding hydrogens is 370 g/mol. The van der Waals surface area contributed by atoms with E-state index in [-0.39, 0.29) is 5.91 Å². The van der Waals surface area contributed by atoms with Gasteiger partial charge < -0.3 is 9.64 Å². The average molecular weight is 391 g/mol. The van der Waals surface area contributed by atoms with E-state index < -0.39 is 0 Å². The molecule has 0 fully saturated rings. The standard InChI is InChI=1S/C22H21N3O2S/c1-27-19-7-5-16(6-8-19)17-9-12-25(13-10-17)21(26)14-18-15-28-22(24-18)20-4-2-3-11-23-20/h2-9,11,15H,10,12-14H2,1H3. The van der Waals surface area contributed by atoms with Crippen LogP contribution in [0.3, 0.4) is 0 Å². The zero-order chi connectivity index (χ0) is 19.3. The summed E-state index contributed by atoms with van der Waals surface area (Å²) in [4.78, 5) is 23.5. The van der Waals surface area contributed by atoms with Crippen LogP contribution in [0, 0.1) is 0 Å². The molecule has 3 heterocycles. The molecule has 0 saturated carbocycles. The van der Waals surface area contributed by atoms with Crippen molar-refractivity contribution in [2.45, 2.75) is 12.8 Å². The van der Waals surface area contributed by atoms with Crippen LogP contribution < -0.4 is 4.74 Å². The first kappa shape index (κ1) is 18.4. The Bertz CT molecular complexity index is 981. The first-order valence-corrected chi connectivity index (χ1v) is 10.1. The summed E-state index contributed by atoms with van der Waals surface area (Å²) in [5, 5.41) is 2.80. The van der Waals surface area contributed by atoms with Crippen LogP contribution in [0.4, 0.5) is 0 Å². The smallest absolute Gasteiger partial charge is 0.228 e. The van der Waals surface area contributed by atoms with Gasteiger partial charge in [0.2, 0.25) is 5.91 Å². The van der Waals surface area contributed by atoms with Crippen molar-refractivity contribution < 1.29 is 9.53 Å². The number of ether oxygens (including phenoxy) is 1. The third kappa shape index (κ3) is 4.12. The molecule has 1 aliphatic rings. The maximum absolute atomic E-state index is 12.7. The van der Waals surface area contributed by atoms with Crippen molar-refractivity contribution in [2.24, 2.45) is 0 Å². The molecule has 0 aliphatic carbocycles. The zero-order valence-corrected chi connectivity index (χ0v) is 16.5. The normalized spacial score (nSPS) is 13.9. The zero-order valence-electron chi connectivity index (χ0n) is 15.7. The number of nitrogens with zero attached hydrogens (tertiary/aromatic N) is 3. The fourth-order valence-corrected chi connectivity index (χ4v) is 4.02. The Labute approximate surface area is 168 Å². The van der Waals surface area contributed by atoms with Crippen LogP contribution in [0.15, 0.2) is 60.1 Å². The molecule has 3 aromatic rings. The first-order chi connectivity index (χ1) is 13.7. The number of amides is 1. The number of carbonyl (C=O) groups excluding carboxylic acids is 1. The van der Waals surface area contributed by atoms with Gasteiger partial charge in [0, 0.05) is 24.7 Å². The minimum atomic E-state index is 0.114. The van der Waals surface area contributed by atoms with Crippen molar-refractivity contribution >= 4 is 22.8 Å². The molecule has 1 aromatic carbocycles. The Hall–Kier alpha value is -2.99. The summed E-state index contributed by atoms with van der Waals surface area (Å²) in [5.74, 6) is 0.966. The van der Waals surface area contributed by atoms with E-state index in [0.717, 1.165) is 35.1 Å². The number of aromatic nitrogens is 2. The van der Waals surface area contributed by atoms with Gasteiger partial charge in [0.15, 0.2) is 0 Å². The summed E-state index contributed by atoms with van der Waals surface area (Å²) in [6.07, 6.45) is 5.08. The highest BCUT2D eigenvalue weighted by Gasteiger charge is 2.19. The van der Waals surface area contributed by atoms with Gasteiger partial charge >= 0.3 is 0 Å². The van der Waals surface area contributed by atoms with Crippen molar-refractivity contribution in [1.82, 2.24) is 14.9 Å².